The van der Waals surface area contributed by atoms with Crippen LogP contribution in [0.4, 0.5) is 11.5 Å². The minimum Gasteiger partial charge on any atom is -0.385 e. The summed E-state index contributed by atoms with van der Waals surface area (Å²) in [6, 6.07) is 11.0. The Morgan fingerprint density at radius 2 is 1.90 bits per heavy atom. The Morgan fingerprint density at radius 3 is 2.50 bits per heavy atom. The molecule has 0 unspecified atom stereocenters. The first-order chi connectivity index (χ1) is 9.60. The fourth-order valence-corrected chi connectivity index (χ4v) is 1.97. The molecule has 5 heteroatoms. The Labute approximate surface area is 126 Å². The molecular formula is C15H16BrN3O. The molecule has 0 aliphatic heterocycles. The Balaban J connectivity index is 2.09. The van der Waals surface area contributed by atoms with Crippen LogP contribution in [0.3, 0.4) is 0 Å². The van der Waals surface area contributed by atoms with Crippen molar-refractivity contribution >= 4 is 33.3 Å². The number of amides is 1. The van der Waals surface area contributed by atoms with Crippen molar-refractivity contribution in [2.75, 3.05) is 17.2 Å². The number of carbonyl (C=O) groups is 1. The summed E-state index contributed by atoms with van der Waals surface area (Å²) >= 11 is 3.38. The van der Waals surface area contributed by atoms with E-state index in [4.69, 9.17) is 0 Å². The minimum absolute atomic E-state index is 0.165. The summed E-state index contributed by atoms with van der Waals surface area (Å²) in [6.07, 6.45) is 0. The predicted octanol–water partition coefficient (Wildman–Crippen LogP) is 3.84. The average Bonchev–Trinajstić information content (AvgIpc) is 2.44. The molecule has 0 spiro atoms. The molecule has 2 N–H and O–H groups in total. The van der Waals surface area contributed by atoms with Gasteiger partial charge >= 0.3 is 0 Å². The van der Waals surface area contributed by atoms with Crippen molar-refractivity contribution in [2.45, 2.75) is 13.8 Å². The maximum absolute atomic E-state index is 12.1. The van der Waals surface area contributed by atoms with Gasteiger partial charge in [0, 0.05) is 22.3 Å². The summed E-state index contributed by atoms with van der Waals surface area (Å²) in [4.78, 5) is 16.4. The van der Waals surface area contributed by atoms with E-state index in [0.29, 0.717) is 11.4 Å². The fourth-order valence-electron chi connectivity index (χ4n) is 1.75. The number of anilines is 2. The molecule has 0 fully saturated rings. The number of rotatable bonds is 4. The molecular weight excluding hydrogens is 318 g/mol. The lowest BCUT2D eigenvalue weighted by atomic mass is 10.2. The summed E-state index contributed by atoms with van der Waals surface area (Å²) in [5.41, 5.74) is 2.45. The molecule has 0 saturated heterocycles. The van der Waals surface area contributed by atoms with E-state index in [0.717, 1.165) is 22.4 Å². The summed E-state index contributed by atoms with van der Waals surface area (Å²) in [6.45, 7) is 4.76. The Morgan fingerprint density at radius 1 is 1.20 bits per heavy atom. The Bertz CT molecular complexity index is 611. The van der Waals surface area contributed by atoms with Crippen molar-refractivity contribution in [3.63, 3.8) is 0 Å². The third kappa shape index (κ3) is 3.57. The zero-order valence-electron chi connectivity index (χ0n) is 11.4. The van der Waals surface area contributed by atoms with Crippen molar-refractivity contribution in [3.8, 4) is 0 Å². The first-order valence-corrected chi connectivity index (χ1v) is 7.18. The lowest BCUT2D eigenvalue weighted by molar-refractivity contribution is 0.102. The molecule has 4 nitrogen and oxygen atoms in total. The second-order valence-corrected chi connectivity index (χ2v) is 5.18. The molecule has 0 aliphatic rings. The van der Waals surface area contributed by atoms with Gasteiger partial charge in [0.15, 0.2) is 0 Å². The molecule has 1 heterocycles. The third-order valence-corrected chi connectivity index (χ3v) is 3.63. The number of carbonyl (C=O) groups excluding carboxylic acids is 1. The standard InChI is InChI=1S/C15H16BrN3O/c1-3-17-12-6-4-11(5-7-12)15(20)19-14-9-8-13(16)10(2)18-14/h4-9,17H,3H2,1-2H3,(H,18,19,20). The van der Waals surface area contributed by atoms with Gasteiger partial charge in [-0.1, -0.05) is 0 Å². The van der Waals surface area contributed by atoms with E-state index < -0.39 is 0 Å². The maximum Gasteiger partial charge on any atom is 0.256 e. The van der Waals surface area contributed by atoms with Crippen molar-refractivity contribution in [2.24, 2.45) is 0 Å². The molecule has 1 aromatic heterocycles. The van der Waals surface area contributed by atoms with Crippen LogP contribution in [-0.2, 0) is 0 Å². The van der Waals surface area contributed by atoms with Gasteiger partial charge in [-0.3, -0.25) is 4.79 Å². The number of aryl methyl sites for hydroxylation is 1. The Hall–Kier alpha value is -1.88. The van der Waals surface area contributed by atoms with Crippen LogP contribution in [-0.4, -0.2) is 17.4 Å². The molecule has 2 rings (SSSR count). The van der Waals surface area contributed by atoms with Crippen LogP contribution in [0.25, 0.3) is 0 Å². The van der Waals surface area contributed by atoms with E-state index in [1.54, 1.807) is 18.2 Å². The molecule has 20 heavy (non-hydrogen) atoms. The van der Waals surface area contributed by atoms with Gasteiger partial charge in [0.1, 0.15) is 5.82 Å². The van der Waals surface area contributed by atoms with Gasteiger partial charge in [0.2, 0.25) is 0 Å². The van der Waals surface area contributed by atoms with Crippen molar-refractivity contribution in [3.05, 3.63) is 52.1 Å². The highest BCUT2D eigenvalue weighted by Gasteiger charge is 2.07. The lowest BCUT2D eigenvalue weighted by Crippen LogP contribution is -2.13. The number of benzene rings is 1. The van der Waals surface area contributed by atoms with E-state index >= 15 is 0 Å². The molecule has 0 saturated carbocycles. The van der Waals surface area contributed by atoms with E-state index in [2.05, 4.69) is 31.5 Å². The number of nitrogens with zero attached hydrogens (tertiary/aromatic N) is 1. The van der Waals surface area contributed by atoms with Crippen LogP contribution in [0, 0.1) is 6.92 Å². The van der Waals surface area contributed by atoms with Crippen LogP contribution < -0.4 is 10.6 Å². The summed E-state index contributed by atoms with van der Waals surface area (Å²) in [7, 11) is 0. The lowest BCUT2D eigenvalue weighted by Gasteiger charge is -2.07. The Kier molecular flexibility index (Phi) is 4.74. The van der Waals surface area contributed by atoms with Gasteiger partial charge < -0.3 is 10.6 Å². The highest BCUT2D eigenvalue weighted by atomic mass is 79.9. The molecule has 104 valence electrons. The minimum atomic E-state index is -0.165. The zero-order chi connectivity index (χ0) is 14.5. The average molecular weight is 334 g/mol. The molecule has 0 radical (unpaired) electrons. The zero-order valence-corrected chi connectivity index (χ0v) is 13.0. The van der Waals surface area contributed by atoms with Crippen LogP contribution in [0.5, 0.6) is 0 Å². The van der Waals surface area contributed by atoms with E-state index in [9.17, 15) is 4.79 Å². The third-order valence-electron chi connectivity index (χ3n) is 2.79. The molecule has 1 aromatic carbocycles. The van der Waals surface area contributed by atoms with Gasteiger partial charge in [-0.2, -0.15) is 0 Å². The number of pyridine rings is 1. The van der Waals surface area contributed by atoms with Gasteiger partial charge in [0.05, 0.1) is 5.69 Å². The smallest absolute Gasteiger partial charge is 0.256 e. The van der Waals surface area contributed by atoms with Crippen LogP contribution in [0.2, 0.25) is 0 Å². The number of nitrogens with one attached hydrogen (secondary N) is 2. The maximum atomic E-state index is 12.1. The van der Waals surface area contributed by atoms with Crippen molar-refractivity contribution < 1.29 is 4.79 Å². The predicted molar refractivity (Wildman–Crippen MR) is 85.2 cm³/mol. The summed E-state index contributed by atoms with van der Waals surface area (Å²) < 4.78 is 0.922. The number of aromatic nitrogens is 1. The van der Waals surface area contributed by atoms with Crippen LogP contribution in [0.1, 0.15) is 23.0 Å². The molecule has 2 aromatic rings. The highest BCUT2D eigenvalue weighted by molar-refractivity contribution is 9.10. The SMILES string of the molecule is CCNc1ccc(C(=O)Nc2ccc(Br)c(C)n2)cc1. The normalized spacial score (nSPS) is 10.2. The van der Waals surface area contributed by atoms with Gasteiger partial charge in [0.25, 0.3) is 5.91 Å². The number of hydrogen-bond donors (Lipinski definition) is 2. The quantitative estimate of drug-likeness (QED) is 0.893. The monoisotopic (exact) mass is 333 g/mol. The topological polar surface area (TPSA) is 54.0 Å². The number of hydrogen-bond acceptors (Lipinski definition) is 3. The highest BCUT2D eigenvalue weighted by Crippen LogP contribution is 2.17. The first kappa shape index (κ1) is 14.5. The van der Waals surface area contributed by atoms with E-state index in [1.807, 2.05) is 32.0 Å². The molecule has 0 bridgehead atoms. The van der Waals surface area contributed by atoms with E-state index in [1.165, 1.54) is 0 Å². The van der Waals surface area contributed by atoms with Gasteiger partial charge in [-0.05, 0) is 66.2 Å². The van der Waals surface area contributed by atoms with Crippen molar-refractivity contribution in [1.82, 2.24) is 4.98 Å². The van der Waals surface area contributed by atoms with Gasteiger partial charge in [-0.15, -0.1) is 0 Å². The van der Waals surface area contributed by atoms with Crippen molar-refractivity contribution in [1.29, 1.82) is 0 Å². The molecule has 0 aliphatic carbocycles. The van der Waals surface area contributed by atoms with Gasteiger partial charge in [-0.25, -0.2) is 4.98 Å². The largest absolute Gasteiger partial charge is 0.385 e. The van der Waals surface area contributed by atoms with Crippen LogP contribution >= 0.6 is 15.9 Å². The number of halogens is 1. The second-order valence-electron chi connectivity index (χ2n) is 4.33. The fraction of sp³-hybridized carbons (Fsp3) is 0.200. The summed E-state index contributed by atoms with van der Waals surface area (Å²) in [5, 5.41) is 5.97. The van der Waals surface area contributed by atoms with E-state index in [-0.39, 0.29) is 5.91 Å². The second kappa shape index (κ2) is 6.52. The van der Waals surface area contributed by atoms with Crippen LogP contribution in [0.15, 0.2) is 40.9 Å². The first-order valence-electron chi connectivity index (χ1n) is 6.38. The molecule has 0 atom stereocenters. The summed E-state index contributed by atoms with van der Waals surface area (Å²) in [5.74, 6) is 0.383. The molecule has 1 amide bonds.